The van der Waals surface area contributed by atoms with Crippen LogP contribution in [0.25, 0.3) is 0 Å². The number of furan rings is 1. The molecule has 0 spiro atoms. The summed E-state index contributed by atoms with van der Waals surface area (Å²) in [6, 6.07) is 3.56. The Morgan fingerprint density at radius 2 is 2.25 bits per heavy atom. The van der Waals surface area contributed by atoms with E-state index in [2.05, 4.69) is 4.98 Å². The SMILES string of the molecule is CSCc1ccc(C(=O)N2CCC[C@H](C(=O)c3nccn3C)C2)o1. The van der Waals surface area contributed by atoms with E-state index in [4.69, 9.17) is 4.42 Å². The van der Waals surface area contributed by atoms with E-state index in [1.165, 1.54) is 0 Å². The molecule has 3 heterocycles. The molecule has 1 amide bonds. The van der Waals surface area contributed by atoms with E-state index in [9.17, 15) is 9.59 Å². The molecular formula is C17H21N3O3S. The number of aryl methyl sites for hydroxylation is 1. The molecule has 128 valence electrons. The van der Waals surface area contributed by atoms with Crippen LogP contribution in [0.1, 0.15) is 39.8 Å². The molecule has 0 bridgehead atoms. The maximum Gasteiger partial charge on any atom is 0.289 e. The second-order valence-corrected chi connectivity index (χ2v) is 6.88. The summed E-state index contributed by atoms with van der Waals surface area (Å²) in [4.78, 5) is 31.1. The number of piperidine rings is 1. The molecule has 0 aromatic carbocycles. The Morgan fingerprint density at radius 3 is 2.96 bits per heavy atom. The zero-order chi connectivity index (χ0) is 17.1. The van der Waals surface area contributed by atoms with Crippen LogP contribution >= 0.6 is 11.8 Å². The summed E-state index contributed by atoms with van der Waals surface area (Å²) in [6.07, 6.45) is 6.96. The number of carbonyl (C=O) groups is 2. The van der Waals surface area contributed by atoms with Gasteiger partial charge in [0, 0.05) is 38.4 Å². The molecule has 2 aromatic rings. The maximum atomic E-state index is 12.6. The highest BCUT2D eigenvalue weighted by atomic mass is 32.2. The monoisotopic (exact) mass is 347 g/mol. The first-order chi connectivity index (χ1) is 11.6. The van der Waals surface area contributed by atoms with E-state index in [1.807, 2.05) is 19.4 Å². The van der Waals surface area contributed by atoms with Gasteiger partial charge in [0.25, 0.3) is 5.91 Å². The zero-order valence-electron chi connectivity index (χ0n) is 13.9. The van der Waals surface area contributed by atoms with Crippen molar-refractivity contribution in [3.63, 3.8) is 0 Å². The molecule has 1 atom stereocenters. The number of amides is 1. The van der Waals surface area contributed by atoms with Gasteiger partial charge in [-0.3, -0.25) is 9.59 Å². The number of Topliss-reactive ketones (excluding diaryl/α,β-unsaturated/α-hetero) is 1. The topological polar surface area (TPSA) is 68.3 Å². The number of carbonyl (C=O) groups excluding carboxylic acids is 2. The van der Waals surface area contributed by atoms with Crippen molar-refractivity contribution in [1.82, 2.24) is 14.5 Å². The van der Waals surface area contributed by atoms with E-state index in [1.54, 1.807) is 39.7 Å². The largest absolute Gasteiger partial charge is 0.455 e. The normalized spacial score (nSPS) is 17.9. The first-order valence-corrected chi connectivity index (χ1v) is 9.38. The Bertz CT molecular complexity index is 737. The summed E-state index contributed by atoms with van der Waals surface area (Å²) >= 11 is 1.65. The Hall–Kier alpha value is -2.02. The lowest BCUT2D eigenvalue weighted by Gasteiger charge is -2.31. The molecule has 3 rings (SSSR count). The molecule has 0 N–H and O–H groups in total. The Balaban J connectivity index is 1.69. The van der Waals surface area contributed by atoms with E-state index in [0.717, 1.165) is 24.4 Å². The van der Waals surface area contributed by atoms with Crippen LogP contribution in [0.15, 0.2) is 28.9 Å². The third-order valence-corrected chi connectivity index (χ3v) is 4.85. The van der Waals surface area contributed by atoms with E-state index in [-0.39, 0.29) is 17.6 Å². The van der Waals surface area contributed by atoms with Gasteiger partial charge in [-0.2, -0.15) is 11.8 Å². The number of nitrogens with zero attached hydrogens (tertiary/aromatic N) is 3. The van der Waals surface area contributed by atoms with E-state index >= 15 is 0 Å². The average Bonchev–Trinajstić information content (AvgIpc) is 3.23. The van der Waals surface area contributed by atoms with Crippen LogP contribution in [0, 0.1) is 5.92 Å². The standard InChI is InChI=1S/C17H21N3O3S/c1-19-9-7-18-16(19)15(21)12-4-3-8-20(10-12)17(22)14-6-5-13(23-14)11-24-2/h5-7,9,12H,3-4,8,10-11H2,1-2H3/t12-/m0/s1. The van der Waals surface area contributed by atoms with Gasteiger partial charge >= 0.3 is 0 Å². The lowest BCUT2D eigenvalue weighted by atomic mass is 9.93. The van der Waals surface area contributed by atoms with Crippen molar-refractivity contribution in [1.29, 1.82) is 0 Å². The van der Waals surface area contributed by atoms with Gasteiger partial charge in [-0.25, -0.2) is 4.98 Å². The molecule has 7 heteroatoms. The van der Waals surface area contributed by atoms with Crippen LogP contribution in [-0.4, -0.2) is 45.5 Å². The number of thioether (sulfide) groups is 1. The minimum Gasteiger partial charge on any atom is -0.455 e. The van der Waals surface area contributed by atoms with Gasteiger partial charge in [-0.1, -0.05) is 0 Å². The molecule has 1 fully saturated rings. The number of hydrogen-bond donors (Lipinski definition) is 0. The molecule has 1 aliphatic heterocycles. The minimum absolute atomic E-state index is 0.00233. The molecular weight excluding hydrogens is 326 g/mol. The fraction of sp³-hybridized carbons (Fsp3) is 0.471. The van der Waals surface area contributed by atoms with Crippen molar-refractivity contribution in [2.75, 3.05) is 19.3 Å². The van der Waals surface area contributed by atoms with Gasteiger partial charge in [0.05, 0.1) is 5.75 Å². The summed E-state index contributed by atoms with van der Waals surface area (Å²) in [5.41, 5.74) is 0. The Labute approximate surface area is 145 Å². The van der Waals surface area contributed by atoms with Gasteiger partial charge in [0.2, 0.25) is 5.78 Å². The van der Waals surface area contributed by atoms with Gasteiger partial charge in [-0.05, 0) is 31.2 Å². The van der Waals surface area contributed by atoms with Gasteiger partial charge < -0.3 is 13.9 Å². The van der Waals surface area contributed by atoms with Gasteiger partial charge in [0.15, 0.2) is 11.6 Å². The minimum atomic E-state index is -0.204. The molecule has 2 aromatic heterocycles. The van der Waals surface area contributed by atoms with Crippen molar-refractivity contribution in [2.24, 2.45) is 13.0 Å². The number of hydrogen-bond acceptors (Lipinski definition) is 5. The van der Waals surface area contributed by atoms with Crippen LogP contribution in [0.2, 0.25) is 0 Å². The molecule has 1 aliphatic rings. The molecule has 24 heavy (non-hydrogen) atoms. The fourth-order valence-electron chi connectivity index (χ4n) is 3.03. The lowest BCUT2D eigenvalue weighted by Crippen LogP contribution is -2.42. The maximum absolute atomic E-state index is 12.6. The summed E-state index contributed by atoms with van der Waals surface area (Å²) < 4.78 is 7.34. The molecule has 1 saturated heterocycles. The van der Waals surface area contributed by atoms with Crippen molar-refractivity contribution >= 4 is 23.5 Å². The molecule has 0 radical (unpaired) electrons. The summed E-state index contributed by atoms with van der Waals surface area (Å²) in [5, 5.41) is 0. The Morgan fingerprint density at radius 1 is 1.42 bits per heavy atom. The smallest absolute Gasteiger partial charge is 0.289 e. The number of imidazole rings is 1. The van der Waals surface area contributed by atoms with Crippen molar-refractivity contribution in [3.05, 3.63) is 41.9 Å². The predicted octanol–water partition coefficient (Wildman–Crippen LogP) is 2.61. The van der Waals surface area contributed by atoms with Crippen molar-refractivity contribution in [2.45, 2.75) is 18.6 Å². The molecule has 0 unspecified atom stereocenters. The van der Waals surface area contributed by atoms with Crippen LogP contribution in [0.3, 0.4) is 0 Å². The van der Waals surface area contributed by atoms with Gasteiger partial charge in [-0.15, -0.1) is 0 Å². The van der Waals surface area contributed by atoms with Crippen LogP contribution in [0.4, 0.5) is 0 Å². The van der Waals surface area contributed by atoms with Crippen molar-refractivity contribution in [3.8, 4) is 0 Å². The highest BCUT2D eigenvalue weighted by Crippen LogP contribution is 2.23. The van der Waals surface area contributed by atoms with Gasteiger partial charge in [0.1, 0.15) is 5.76 Å². The van der Waals surface area contributed by atoms with E-state index in [0.29, 0.717) is 24.7 Å². The number of ketones is 1. The number of likely N-dealkylation sites (tertiary alicyclic amines) is 1. The summed E-state index contributed by atoms with van der Waals surface area (Å²) in [7, 11) is 1.81. The number of aromatic nitrogens is 2. The lowest BCUT2D eigenvalue weighted by molar-refractivity contribution is 0.0606. The highest BCUT2D eigenvalue weighted by molar-refractivity contribution is 7.97. The average molecular weight is 347 g/mol. The van der Waals surface area contributed by atoms with Crippen LogP contribution in [0.5, 0.6) is 0 Å². The molecule has 6 nitrogen and oxygen atoms in total. The quantitative estimate of drug-likeness (QED) is 0.778. The molecule has 0 saturated carbocycles. The van der Waals surface area contributed by atoms with Crippen molar-refractivity contribution < 1.29 is 14.0 Å². The Kier molecular flexibility index (Phi) is 5.08. The second-order valence-electron chi connectivity index (χ2n) is 6.02. The number of rotatable bonds is 5. The molecule has 0 aliphatic carbocycles. The fourth-order valence-corrected chi connectivity index (χ4v) is 3.47. The van der Waals surface area contributed by atoms with Crippen LogP contribution in [-0.2, 0) is 12.8 Å². The summed E-state index contributed by atoms with van der Waals surface area (Å²) in [5.74, 6) is 2.00. The van der Waals surface area contributed by atoms with Crippen LogP contribution < -0.4 is 0 Å². The first-order valence-electron chi connectivity index (χ1n) is 7.98. The first kappa shape index (κ1) is 16.8. The third kappa shape index (κ3) is 3.40. The third-order valence-electron chi connectivity index (χ3n) is 4.28. The van der Waals surface area contributed by atoms with E-state index < -0.39 is 0 Å². The zero-order valence-corrected chi connectivity index (χ0v) is 14.7. The highest BCUT2D eigenvalue weighted by Gasteiger charge is 2.32. The predicted molar refractivity (Wildman–Crippen MR) is 92.1 cm³/mol. The summed E-state index contributed by atoms with van der Waals surface area (Å²) in [6.45, 7) is 1.07. The second kappa shape index (κ2) is 7.25.